The van der Waals surface area contributed by atoms with E-state index in [1.165, 1.54) is 22.2 Å². The van der Waals surface area contributed by atoms with E-state index in [0.29, 0.717) is 0 Å². The zero-order valence-electron chi connectivity index (χ0n) is 17.1. The minimum Gasteiger partial charge on any atom is -0.381 e. The highest BCUT2D eigenvalue weighted by Crippen LogP contribution is 2.25. The number of rotatable bonds is 6. The molecule has 3 N–H and O–H groups in total. The number of fused-ring (bicyclic) bond motifs is 1. The van der Waals surface area contributed by atoms with Crippen molar-refractivity contribution < 1.29 is 4.74 Å². The molecule has 1 saturated heterocycles. The first-order valence-corrected chi connectivity index (χ1v) is 9.81. The number of aryl methyl sites for hydroxylation is 1. The maximum Gasteiger partial charge on any atom is 0.191 e. The van der Waals surface area contributed by atoms with Crippen molar-refractivity contribution in [3.05, 3.63) is 35.5 Å². The highest BCUT2D eigenvalue weighted by Gasteiger charge is 2.34. The van der Waals surface area contributed by atoms with E-state index in [4.69, 9.17) is 4.74 Å². The summed E-state index contributed by atoms with van der Waals surface area (Å²) in [6.45, 7) is 5.52. The highest BCUT2D eigenvalue weighted by molar-refractivity contribution is 5.84. The molecule has 0 unspecified atom stereocenters. The van der Waals surface area contributed by atoms with Crippen LogP contribution in [0.4, 0.5) is 0 Å². The summed E-state index contributed by atoms with van der Waals surface area (Å²) in [6, 6.07) is 8.49. The van der Waals surface area contributed by atoms with Crippen LogP contribution in [0.25, 0.3) is 10.9 Å². The van der Waals surface area contributed by atoms with Gasteiger partial charge in [-0.2, -0.15) is 0 Å². The van der Waals surface area contributed by atoms with Crippen LogP contribution in [0, 0.1) is 6.92 Å². The minimum absolute atomic E-state index is 0.128. The summed E-state index contributed by atoms with van der Waals surface area (Å²) >= 11 is 0. The van der Waals surface area contributed by atoms with Gasteiger partial charge in [-0.25, -0.2) is 0 Å². The standard InChI is InChI=1S/C21H33N5O/c1-16-17(18-7-5-6-8-19(18)25-16)9-12-23-20(22-2)24-15-21(26(3)4)10-13-27-14-11-21/h5-8,25H,9-15H2,1-4H3,(H2,22,23,24). The van der Waals surface area contributed by atoms with Crippen molar-refractivity contribution in [3.8, 4) is 0 Å². The number of aromatic amines is 1. The van der Waals surface area contributed by atoms with Crippen LogP contribution in [0.3, 0.4) is 0 Å². The summed E-state index contributed by atoms with van der Waals surface area (Å²) in [5.74, 6) is 0.861. The molecular formula is C21H33N5O. The maximum atomic E-state index is 5.56. The number of nitrogens with zero attached hydrogens (tertiary/aromatic N) is 2. The molecule has 1 aromatic heterocycles. The van der Waals surface area contributed by atoms with Gasteiger partial charge in [-0.05, 0) is 51.9 Å². The molecule has 1 aliphatic heterocycles. The molecule has 0 aliphatic carbocycles. The van der Waals surface area contributed by atoms with Crippen molar-refractivity contribution in [2.24, 2.45) is 4.99 Å². The molecule has 6 nitrogen and oxygen atoms in total. The van der Waals surface area contributed by atoms with Gasteiger partial charge in [0.05, 0.1) is 0 Å². The maximum absolute atomic E-state index is 5.56. The number of aromatic nitrogens is 1. The number of ether oxygens (including phenoxy) is 1. The molecule has 0 atom stereocenters. The summed E-state index contributed by atoms with van der Waals surface area (Å²) in [5.41, 5.74) is 3.96. The largest absolute Gasteiger partial charge is 0.381 e. The second kappa shape index (κ2) is 8.76. The zero-order valence-corrected chi connectivity index (χ0v) is 17.1. The van der Waals surface area contributed by atoms with Gasteiger partial charge in [0.2, 0.25) is 0 Å². The van der Waals surface area contributed by atoms with Crippen molar-refractivity contribution in [3.63, 3.8) is 0 Å². The van der Waals surface area contributed by atoms with Gasteiger partial charge >= 0.3 is 0 Å². The fraction of sp³-hybridized carbons (Fsp3) is 0.571. The zero-order chi connectivity index (χ0) is 19.3. The van der Waals surface area contributed by atoms with Crippen molar-refractivity contribution in [1.82, 2.24) is 20.5 Å². The van der Waals surface area contributed by atoms with E-state index < -0.39 is 0 Å². The Bertz CT molecular complexity index is 774. The van der Waals surface area contributed by atoms with Crippen LogP contribution in [0.5, 0.6) is 0 Å². The molecule has 0 radical (unpaired) electrons. The third-order valence-corrected chi connectivity index (χ3v) is 5.88. The van der Waals surface area contributed by atoms with Crippen molar-refractivity contribution in [1.29, 1.82) is 0 Å². The van der Waals surface area contributed by atoms with Crippen LogP contribution in [-0.4, -0.2) is 68.8 Å². The molecule has 148 valence electrons. The second-order valence-electron chi connectivity index (χ2n) is 7.61. The first-order chi connectivity index (χ1) is 13.1. The van der Waals surface area contributed by atoms with Crippen molar-refractivity contribution in [2.75, 3.05) is 47.4 Å². The molecule has 2 aromatic rings. The van der Waals surface area contributed by atoms with Gasteiger partial charge in [-0.15, -0.1) is 0 Å². The third kappa shape index (κ3) is 4.45. The predicted octanol–water partition coefficient (Wildman–Crippen LogP) is 2.29. The lowest BCUT2D eigenvalue weighted by Gasteiger charge is -2.43. The Morgan fingerprint density at radius 3 is 2.67 bits per heavy atom. The van der Waals surface area contributed by atoms with Crippen LogP contribution in [0.1, 0.15) is 24.1 Å². The lowest BCUT2D eigenvalue weighted by molar-refractivity contribution is -0.00500. The topological polar surface area (TPSA) is 64.7 Å². The Balaban J connectivity index is 1.55. The number of aliphatic imine (C=N–C) groups is 1. The van der Waals surface area contributed by atoms with Gasteiger partial charge in [0.25, 0.3) is 0 Å². The first kappa shape index (κ1) is 19.7. The number of hydrogen-bond donors (Lipinski definition) is 3. The molecule has 6 heteroatoms. The molecule has 27 heavy (non-hydrogen) atoms. The van der Waals surface area contributed by atoms with E-state index in [1.807, 2.05) is 7.05 Å². The Morgan fingerprint density at radius 1 is 1.22 bits per heavy atom. The smallest absolute Gasteiger partial charge is 0.191 e. The van der Waals surface area contributed by atoms with Gasteiger partial charge in [0, 0.05) is 55.5 Å². The average molecular weight is 372 g/mol. The van der Waals surface area contributed by atoms with Gasteiger partial charge < -0.3 is 25.3 Å². The first-order valence-electron chi connectivity index (χ1n) is 9.81. The van der Waals surface area contributed by atoms with Gasteiger partial charge in [-0.3, -0.25) is 4.99 Å². The highest BCUT2D eigenvalue weighted by atomic mass is 16.5. The van der Waals surface area contributed by atoms with Gasteiger partial charge in [0.15, 0.2) is 5.96 Å². The molecule has 1 fully saturated rings. The number of nitrogens with one attached hydrogen (secondary N) is 3. The normalized spacial score (nSPS) is 17.4. The van der Waals surface area contributed by atoms with E-state index in [0.717, 1.165) is 51.5 Å². The summed E-state index contributed by atoms with van der Waals surface area (Å²) in [7, 11) is 6.14. The van der Waals surface area contributed by atoms with Gasteiger partial charge in [-0.1, -0.05) is 18.2 Å². The minimum atomic E-state index is 0.128. The number of benzene rings is 1. The van der Waals surface area contributed by atoms with E-state index in [2.05, 4.69) is 70.8 Å². The van der Waals surface area contributed by atoms with Gasteiger partial charge in [0.1, 0.15) is 0 Å². The van der Waals surface area contributed by atoms with Crippen LogP contribution in [0.2, 0.25) is 0 Å². The van der Waals surface area contributed by atoms with Crippen molar-refractivity contribution in [2.45, 2.75) is 31.7 Å². The molecular weight excluding hydrogens is 338 g/mol. The van der Waals surface area contributed by atoms with Crippen LogP contribution >= 0.6 is 0 Å². The van der Waals surface area contributed by atoms with Crippen LogP contribution in [-0.2, 0) is 11.2 Å². The molecule has 0 saturated carbocycles. The Labute approximate surface area is 162 Å². The predicted molar refractivity (Wildman–Crippen MR) is 113 cm³/mol. The molecule has 0 spiro atoms. The molecule has 3 rings (SSSR count). The molecule has 2 heterocycles. The molecule has 1 aliphatic rings. The third-order valence-electron chi connectivity index (χ3n) is 5.88. The summed E-state index contributed by atoms with van der Waals surface area (Å²) in [6.07, 6.45) is 3.04. The number of para-hydroxylation sites is 1. The fourth-order valence-corrected chi connectivity index (χ4v) is 3.97. The lowest BCUT2D eigenvalue weighted by atomic mass is 9.88. The quantitative estimate of drug-likeness (QED) is 0.539. The number of hydrogen-bond acceptors (Lipinski definition) is 3. The van der Waals surface area contributed by atoms with Crippen LogP contribution < -0.4 is 10.6 Å². The molecule has 0 amide bonds. The number of H-pyrrole nitrogens is 1. The monoisotopic (exact) mass is 371 g/mol. The summed E-state index contributed by atoms with van der Waals surface area (Å²) in [5, 5.41) is 8.31. The SMILES string of the molecule is CN=C(NCCc1c(C)[nH]c2ccccc12)NCC1(N(C)C)CCOCC1. The summed E-state index contributed by atoms with van der Waals surface area (Å²) in [4.78, 5) is 10.2. The Hall–Kier alpha value is -2.05. The average Bonchev–Trinajstić information content (AvgIpc) is 3.00. The Morgan fingerprint density at radius 2 is 1.96 bits per heavy atom. The number of likely N-dealkylation sites (N-methyl/N-ethyl adjacent to an activating group) is 1. The van der Waals surface area contributed by atoms with E-state index >= 15 is 0 Å². The van der Waals surface area contributed by atoms with E-state index in [1.54, 1.807) is 0 Å². The lowest BCUT2D eigenvalue weighted by Crippen LogP contribution is -2.57. The van der Waals surface area contributed by atoms with Crippen molar-refractivity contribution >= 4 is 16.9 Å². The molecule has 1 aromatic carbocycles. The fourth-order valence-electron chi connectivity index (χ4n) is 3.97. The van der Waals surface area contributed by atoms with E-state index in [-0.39, 0.29) is 5.54 Å². The number of guanidine groups is 1. The second-order valence-corrected chi connectivity index (χ2v) is 7.61. The Kier molecular flexibility index (Phi) is 6.39. The summed E-state index contributed by atoms with van der Waals surface area (Å²) < 4.78 is 5.56. The van der Waals surface area contributed by atoms with E-state index in [9.17, 15) is 0 Å². The van der Waals surface area contributed by atoms with Crippen LogP contribution in [0.15, 0.2) is 29.3 Å². The molecule has 0 bridgehead atoms.